The minimum Gasteiger partial charge on any atom is -0.326 e. The fraction of sp³-hybridized carbons (Fsp3) is 0.118. The number of hydrogen-bond acceptors (Lipinski definition) is 3. The highest BCUT2D eigenvalue weighted by Crippen LogP contribution is 2.31. The molecule has 4 heteroatoms. The van der Waals surface area contributed by atoms with Gasteiger partial charge in [-0.15, -0.1) is 11.3 Å². The number of halogens is 1. The summed E-state index contributed by atoms with van der Waals surface area (Å²) in [4.78, 5) is 4.55. The minimum absolute atomic E-state index is 0.230. The molecular weight excluding hydrogens is 283 g/mol. The Kier molecular flexibility index (Phi) is 3.82. The Labute approximate surface area is 127 Å². The molecule has 0 aliphatic carbocycles. The average Bonchev–Trinajstić information content (AvgIpc) is 2.97. The van der Waals surface area contributed by atoms with Gasteiger partial charge in [0.05, 0.1) is 5.69 Å². The maximum Gasteiger partial charge on any atom is 0.133 e. The molecule has 3 aromatic rings. The van der Waals surface area contributed by atoms with Gasteiger partial charge in [0, 0.05) is 23.1 Å². The van der Waals surface area contributed by atoms with E-state index < -0.39 is 0 Å². The van der Waals surface area contributed by atoms with E-state index >= 15 is 0 Å². The molecule has 106 valence electrons. The van der Waals surface area contributed by atoms with Crippen LogP contribution >= 0.6 is 11.3 Å². The van der Waals surface area contributed by atoms with E-state index in [9.17, 15) is 4.39 Å². The van der Waals surface area contributed by atoms with Crippen LogP contribution < -0.4 is 5.73 Å². The lowest BCUT2D eigenvalue weighted by Crippen LogP contribution is -1.95. The van der Waals surface area contributed by atoms with Crippen LogP contribution in [0.5, 0.6) is 0 Å². The lowest BCUT2D eigenvalue weighted by atomic mass is 10.1. The third kappa shape index (κ3) is 2.86. The van der Waals surface area contributed by atoms with Gasteiger partial charge < -0.3 is 5.73 Å². The second kappa shape index (κ2) is 5.76. The van der Waals surface area contributed by atoms with Gasteiger partial charge in [0.15, 0.2) is 0 Å². The molecule has 21 heavy (non-hydrogen) atoms. The molecule has 0 bridgehead atoms. The molecule has 0 fully saturated rings. The van der Waals surface area contributed by atoms with E-state index in [-0.39, 0.29) is 5.82 Å². The standard InChI is InChI=1S/C17H15FN2S/c1-11-5-6-14(15(18)7-11)17-20-16(10-21-17)13-4-2-3-12(8-13)9-19/h2-8,10H,9,19H2,1H3. The Morgan fingerprint density at radius 2 is 2.05 bits per heavy atom. The van der Waals surface area contributed by atoms with E-state index in [0.29, 0.717) is 17.1 Å². The van der Waals surface area contributed by atoms with Crippen molar-refractivity contribution in [2.24, 2.45) is 5.73 Å². The van der Waals surface area contributed by atoms with Crippen LogP contribution in [0.25, 0.3) is 21.8 Å². The highest BCUT2D eigenvalue weighted by atomic mass is 32.1. The normalized spacial score (nSPS) is 10.8. The van der Waals surface area contributed by atoms with Crippen molar-refractivity contribution in [1.82, 2.24) is 4.98 Å². The van der Waals surface area contributed by atoms with Crippen molar-refractivity contribution in [1.29, 1.82) is 0 Å². The van der Waals surface area contributed by atoms with Crippen molar-refractivity contribution in [3.8, 4) is 21.8 Å². The second-order valence-electron chi connectivity index (χ2n) is 4.93. The third-order valence-corrected chi connectivity index (χ3v) is 4.19. The van der Waals surface area contributed by atoms with Crippen molar-refractivity contribution >= 4 is 11.3 Å². The largest absolute Gasteiger partial charge is 0.326 e. The fourth-order valence-electron chi connectivity index (χ4n) is 2.18. The van der Waals surface area contributed by atoms with Gasteiger partial charge in [-0.05, 0) is 36.2 Å². The Balaban J connectivity index is 1.99. The van der Waals surface area contributed by atoms with Crippen LogP contribution in [0.4, 0.5) is 4.39 Å². The van der Waals surface area contributed by atoms with Crippen molar-refractivity contribution in [3.05, 3.63) is 64.8 Å². The summed E-state index contributed by atoms with van der Waals surface area (Å²) in [5.74, 6) is -0.230. The molecule has 1 aromatic heterocycles. The van der Waals surface area contributed by atoms with Crippen molar-refractivity contribution in [2.75, 3.05) is 0 Å². The first-order valence-corrected chi connectivity index (χ1v) is 7.57. The maximum absolute atomic E-state index is 14.0. The number of thiazole rings is 1. The topological polar surface area (TPSA) is 38.9 Å². The molecule has 0 amide bonds. The van der Waals surface area contributed by atoms with Gasteiger partial charge in [0.25, 0.3) is 0 Å². The monoisotopic (exact) mass is 298 g/mol. The van der Waals surface area contributed by atoms with Crippen molar-refractivity contribution in [2.45, 2.75) is 13.5 Å². The van der Waals surface area contributed by atoms with Gasteiger partial charge >= 0.3 is 0 Å². The van der Waals surface area contributed by atoms with E-state index in [2.05, 4.69) is 4.98 Å². The van der Waals surface area contributed by atoms with E-state index in [1.807, 2.05) is 42.6 Å². The second-order valence-corrected chi connectivity index (χ2v) is 5.78. The summed E-state index contributed by atoms with van der Waals surface area (Å²) in [7, 11) is 0. The highest BCUT2D eigenvalue weighted by molar-refractivity contribution is 7.13. The molecule has 0 aliphatic rings. The predicted octanol–water partition coefficient (Wildman–Crippen LogP) is 4.38. The van der Waals surface area contributed by atoms with Crippen LogP contribution in [0.15, 0.2) is 47.8 Å². The molecule has 0 unspecified atom stereocenters. The molecule has 0 radical (unpaired) electrons. The lowest BCUT2D eigenvalue weighted by molar-refractivity contribution is 0.630. The van der Waals surface area contributed by atoms with Crippen LogP contribution in [0.3, 0.4) is 0 Å². The Morgan fingerprint density at radius 3 is 2.81 bits per heavy atom. The summed E-state index contributed by atoms with van der Waals surface area (Å²) in [6.45, 7) is 2.37. The third-order valence-electron chi connectivity index (χ3n) is 3.32. The molecule has 2 nitrogen and oxygen atoms in total. The number of hydrogen-bond donors (Lipinski definition) is 1. The van der Waals surface area contributed by atoms with E-state index in [1.54, 1.807) is 6.07 Å². The SMILES string of the molecule is Cc1ccc(-c2nc(-c3cccc(CN)c3)cs2)c(F)c1. The predicted molar refractivity (Wildman–Crippen MR) is 85.6 cm³/mol. The highest BCUT2D eigenvalue weighted by Gasteiger charge is 2.11. The van der Waals surface area contributed by atoms with Crippen LogP contribution in [0.2, 0.25) is 0 Å². The number of benzene rings is 2. The molecular formula is C17H15FN2S. The fourth-order valence-corrected chi connectivity index (χ4v) is 3.04. The Hall–Kier alpha value is -2.04. The number of nitrogens with zero attached hydrogens (tertiary/aromatic N) is 1. The van der Waals surface area contributed by atoms with E-state index in [4.69, 9.17) is 5.73 Å². The molecule has 3 rings (SSSR count). The maximum atomic E-state index is 14.0. The van der Waals surface area contributed by atoms with Gasteiger partial charge in [-0.25, -0.2) is 9.37 Å². The minimum atomic E-state index is -0.230. The Morgan fingerprint density at radius 1 is 1.19 bits per heavy atom. The molecule has 2 N–H and O–H groups in total. The zero-order chi connectivity index (χ0) is 14.8. The molecule has 2 aromatic carbocycles. The first-order chi connectivity index (χ1) is 10.2. The zero-order valence-electron chi connectivity index (χ0n) is 11.6. The number of nitrogens with two attached hydrogens (primary N) is 1. The van der Waals surface area contributed by atoms with Crippen LogP contribution in [-0.2, 0) is 6.54 Å². The molecule has 0 saturated heterocycles. The summed E-state index contributed by atoms with van der Waals surface area (Å²) >= 11 is 1.45. The van der Waals surface area contributed by atoms with Gasteiger partial charge in [0.2, 0.25) is 0 Å². The summed E-state index contributed by atoms with van der Waals surface area (Å²) in [6.07, 6.45) is 0. The number of aryl methyl sites for hydroxylation is 1. The molecule has 0 saturated carbocycles. The molecule has 0 spiro atoms. The molecule has 0 atom stereocenters. The van der Waals surface area contributed by atoms with Crippen LogP contribution in [0, 0.1) is 12.7 Å². The summed E-state index contributed by atoms with van der Waals surface area (Å²) in [5.41, 5.74) is 10.0. The summed E-state index contributed by atoms with van der Waals surface area (Å²) in [6, 6.07) is 13.2. The lowest BCUT2D eigenvalue weighted by Gasteiger charge is -2.01. The first-order valence-electron chi connectivity index (χ1n) is 6.69. The Bertz CT molecular complexity index is 780. The van der Waals surface area contributed by atoms with Crippen molar-refractivity contribution < 1.29 is 4.39 Å². The van der Waals surface area contributed by atoms with Gasteiger partial charge in [-0.2, -0.15) is 0 Å². The smallest absolute Gasteiger partial charge is 0.133 e. The van der Waals surface area contributed by atoms with E-state index in [1.165, 1.54) is 17.4 Å². The van der Waals surface area contributed by atoms with Gasteiger partial charge in [-0.1, -0.05) is 24.3 Å². The summed E-state index contributed by atoms with van der Waals surface area (Å²) in [5, 5.41) is 2.64. The van der Waals surface area contributed by atoms with Crippen LogP contribution in [0.1, 0.15) is 11.1 Å². The summed E-state index contributed by atoms with van der Waals surface area (Å²) < 4.78 is 14.0. The quantitative estimate of drug-likeness (QED) is 0.779. The van der Waals surface area contributed by atoms with E-state index in [0.717, 1.165) is 22.4 Å². The van der Waals surface area contributed by atoms with Crippen molar-refractivity contribution in [3.63, 3.8) is 0 Å². The first kappa shape index (κ1) is 13.9. The zero-order valence-corrected chi connectivity index (χ0v) is 12.5. The van der Waals surface area contributed by atoms with Gasteiger partial charge in [-0.3, -0.25) is 0 Å². The number of aromatic nitrogens is 1. The average molecular weight is 298 g/mol. The number of rotatable bonds is 3. The molecule has 0 aliphatic heterocycles. The van der Waals surface area contributed by atoms with Gasteiger partial charge in [0.1, 0.15) is 10.8 Å². The molecule has 1 heterocycles. The van der Waals surface area contributed by atoms with Crippen LogP contribution in [-0.4, -0.2) is 4.98 Å².